The number of aromatic nitrogens is 1. The third-order valence-corrected chi connectivity index (χ3v) is 10.7. The van der Waals surface area contributed by atoms with E-state index in [1.807, 2.05) is 45.1 Å². The molecule has 56 heavy (non-hydrogen) atoms. The van der Waals surface area contributed by atoms with Gasteiger partial charge < -0.3 is 4.57 Å². The number of nitrogens with zero attached hydrogens (tertiary/aromatic N) is 1. The molecular weight excluding hydrogens is 675 g/mol. The Bertz CT molecular complexity index is 2520. The highest BCUT2D eigenvalue weighted by atomic mass is 14.9. The molecule has 0 aliphatic heterocycles. The fraction of sp³-hybridized carbons (Fsp3) is 0.200. The molecule has 1 aliphatic rings. The molecule has 0 fully saturated rings. The van der Waals surface area contributed by atoms with E-state index in [4.69, 9.17) is 0 Å². The van der Waals surface area contributed by atoms with Gasteiger partial charge in [-0.05, 0) is 113 Å². The number of para-hydroxylation sites is 1. The molecular formula is C55H59N. The molecule has 0 N–H and O–H groups in total. The molecule has 0 amide bonds. The SMILES string of the molecule is C/C=C\C=C/CC.C=Cc1c(-c2cccc(-c3ccccc3)c2)cc2c(c1C=C)-c1ccc(C)cc1C2(C)C.CC.Cc1cccc2c1c1ccccc1n2C. The molecule has 8 rings (SSSR count). The van der Waals surface area contributed by atoms with Gasteiger partial charge in [-0.2, -0.15) is 0 Å². The van der Waals surface area contributed by atoms with Gasteiger partial charge in [0.25, 0.3) is 0 Å². The van der Waals surface area contributed by atoms with Crippen molar-refractivity contribution in [3.63, 3.8) is 0 Å². The molecule has 0 spiro atoms. The Hall–Kier alpha value is -5.92. The second-order valence-corrected chi connectivity index (χ2v) is 14.6. The van der Waals surface area contributed by atoms with E-state index in [2.05, 4.69) is 193 Å². The number of hydrogen-bond donors (Lipinski definition) is 0. The first kappa shape index (κ1) is 41.2. The summed E-state index contributed by atoms with van der Waals surface area (Å²) < 4.78 is 2.26. The molecule has 0 radical (unpaired) electrons. The summed E-state index contributed by atoms with van der Waals surface area (Å²) in [6.07, 6.45) is 13.4. The first-order valence-electron chi connectivity index (χ1n) is 20.1. The Morgan fingerprint density at radius 3 is 1.96 bits per heavy atom. The zero-order valence-corrected chi connectivity index (χ0v) is 35.1. The van der Waals surface area contributed by atoms with Crippen molar-refractivity contribution in [2.75, 3.05) is 0 Å². The van der Waals surface area contributed by atoms with Crippen LogP contribution in [0.25, 0.3) is 67.3 Å². The van der Waals surface area contributed by atoms with Crippen molar-refractivity contribution in [1.29, 1.82) is 0 Å². The van der Waals surface area contributed by atoms with Crippen LogP contribution in [-0.2, 0) is 12.5 Å². The van der Waals surface area contributed by atoms with Gasteiger partial charge in [0.1, 0.15) is 0 Å². The summed E-state index contributed by atoms with van der Waals surface area (Å²) in [5.41, 5.74) is 17.8. The Morgan fingerprint density at radius 1 is 0.625 bits per heavy atom. The summed E-state index contributed by atoms with van der Waals surface area (Å²) in [5.74, 6) is 0. The molecule has 1 aromatic heterocycles. The number of allylic oxidation sites excluding steroid dienone is 4. The van der Waals surface area contributed by atoms with Gasteiger partial charge >= 0.3 is 0 Å². The summed E-state index contributed by atoms with van der Waals surface area (Å²) in [6, 6.07) is 43.6. The van der Waals surface area contributed by atoms with Gasteiger partial charge in [-0.25, -0.2) is 0 Å². The summed E-state index contributed by atoms with van der Waals surface area (Å²) in [7, 11) is 2.13. The summed E-state index contributed by atoms with van der Waals surface area (Å²) >= 11 is 0. The average Bonchev–Trinajstić information content (AvgIpc) is 3.65. The predicted molar refractivity (Wildman–Crippen MR) is 251 cm³/mol. The van der Waals surface area contributed by atoms with Crippen molar-refractivity contribution in [1.82, 2.24) is 4.57 Å². The highest BCUT2D eigenvalue weighted by molar-refractivity contribution is 6.09. The fourth-order valence-corrected chi connectivity index (χ4v) is 7.92. The summed E-state index contributed by atoms with van der Waals surface area (Å²) in [4.78, 5) is 0. The van der Waals surface area contributed by atoms with Crippen LogP contribution in [-0.4, -0.2) is 4.57 Å². The molecule has 1 heterocycles. The third-order valence-electron chi connectivity index (χ3n) is 10.7. The van der Waals surface area contributed by atoms with Gasteiger partial charge in [-0.15, -0.1) is 0 Å². The van der Waals surface area contributed by atoms with E-state index >= 15 is 0 Å². The maximum absolute atomic E-state index is 4.21. The van der Waals surface area contributed by atoms with Gasteiger partial charge in [0, 0.05) is 34.3 Å². The van der Waals surface area contributed by atoms with Crippen LogP contribution in [0, 0.1) is 13.8 Å². The zero-order valence-electron chi connectivity index (χ0n) is 35.1. The van der Waals surface area contributed by atoms with E-state index in [1.54, 1.807) is 0 Å². The predicted octanol–water partition coefficient (Wildman–Crippen LogP) is 16.1. The van der Waals surface area contributed by atoms with Crippen LogP contribution in [0.15, 0.2) is 159 Å². The van der Waals surface area contributed by atoms with Gasteiger partial charge in [-0.3, -0.25) is 0 Å². The van der Waals surface area contributed by atoms with Crippen molar-refractivity contribution in [3.8, 4) is 33.4 Å². The summed E-state index contributed by atoms with van der Waals surface area (Å²) in [6.45, 7) is 25.6. The molecule has 0 atom stereocenters. The molecule has 0 saturated carbocycles. The minimum absolute atomic E-state index is 0.0695. The Morgan fingerprint density at radius 2 is 1.27 bits per heavy atom. The second kappa shape index (κ2) is 18.6. The lowest BCUT2D eigenvalue weighted by Gasteiger charge is -2.24. The van der Waals surface area contributed by atoms with Crippen molar-refractivity contribution < 1.29 is 0 Å². The minimum atomic E-state index is -0.0695. The largest absolute Gasteiger partial charge is 0.344 e. The molecule has 6 aromatic carbocycles. The van der Waals surface area contributed by atoms with Gasteiger partial charge in [-0.1, -0.05) is 187 Å². The van der Waals surface area contributed by atoms with E-state index < -0.39 is 0 Å². The lowest BCUT2D eigenvalue weighted by atomic mass is 9.79. The maximum atomic E-state index is 4.21. The molecule has 0 unspecified atom stereocenters. The average molecular weight is 734 g/mol. The number of benzene rings is 6. The Labute approximate surface area is 337 Å². The lowest BCUT2D eigenvalue weighted by Crippen LogP contribution is -2.15. The quantitative estimate of drug-likeness (QED) is 0.150. The summed E-state index contributed by atoms with van der Waals surface area (Å²) in [5, 5.41) is 2.74. The lowest BCUT2D eigenvalue weighted by molar-refractivity contribution is 0.660. The van der Waals surface area contributed by atoms with Crippen LogP contribution >= 0.6 is 0 Å². The number of hydrogen-bond acceptors (Lipinski definition) is 0. The van der Waals surface area contributed by atoms with E-state index in [0.717, 1.165) is 12.0 Å². The van der Waals surface area contributed by atoms with Crippen molar-refractivity contribution >= 4 is 34.0 Å². The minimum Gasteiger partial charge on any atom is -0.344 e. The van der Waals surface area contributed by atoms with E-state index in [9.17, 15) is 0 Å². The van der Waals surface area contributed by atoms with Crippen LogP contribution in [0.4, 0.5) is 0 Å². The molecule has 1 aliphatic carbocycles. The molecule has 7 aromatic rings. The van der Waals surface area contributed by atoms with Gasteiger partial charge in [0.05, 0.1) is 0 Å². The van der Waals surface area contributed by atoms with Crippen LogP contribution in [0.2, 0.25) is 0 Å². The smallest absolute Gasteiger partial charge is 0.0491 e. The highest BCUT2D eigenvalue weighted by Crippen LogP contribution is 2.53. The van der Waals surface area contributed by atoms with E-state index in [0.29, 0.717) is 0 Å². The first-order valence-corrected chi connectivity index (χ1v) is 20.1. The van der Waals surface area contributed by atoms with Gasteiger partial charge in [0.15, 0.2) is 0 Å². The molecule has 0 bridgehead atoms. The van der Waals surface area contributed by atoms with Crippen LogP contribution < -0.4 is 0 Å². The van der Waals surface area contributed by atoms with Crippen LogP contribution in [0.3, 0.4) is 0 Å². The number of rotatable bonds is 6. The first-order chi connectivity index (χ1) is 27.2. The third kappa shape index (κ3) is 8.19. The van der Waals surface area contributed by atoms with Crippen molar-refractivity contribution in [2.45, 2.75) is 67.2 Å². The van der Waals surface area contributed by atoms with Gasteiger partial charge in [0.2, 0.25) is 0 Å². The zero-order chi connectivity index (χ0) is 40.4. The molecule has 1 heteroatoms. The molecule has 1 nitrogen and oxygen atoms in total. The standard InChI is InChI=1S/C32H28.C14H13N.C7H12.C2H6/c1-6-25-26(7-2)31-27-17-16-21(3)18-29(27)32(4,5)30(31)20-28(25)24-15-11-14-23(19-24)22-12-9-8-10-13-22;1-10-6-5-9-13-14(10)11-7-3-4-8-12(11)15(13)2;1-3-5-7-6-4-2;1-2/h6-20H,1-2H2,3-5H3;3-9H,1-2H3;3,5-7H,4H2,1-2H3;1-2H3/b;;5-3-,7-6-;. The Balaban J connectivity index is 0.000000206. The monoisotopic (exact) mass is 733 g/mol. The fourth-order valence-electron chi connectivity index (χ4n) is 7.92. The van der Waals surface area contributed by atoms with E-state index in [-0.39, 0.29) is 5.41 Å². The number of fused-ring (bicyclic) bond motifs is 6. The highest BCUT2D eigenvalue weighted by Gasteiger charge is 2.38. The van der Waals surface area contributed by atoms with Crippen LogP contribution in [0.5, 0.6) is 0 Å². The number of aryl methyl sites for hydroxylation is 3. The molecule has 0 saturated heterocycles. The van der Waals surface area contributed by atoms with E-state index in [1.165, 1.54) is 83.0 Å². The van der Waals surface area contributed by atoms with Crippen LogP contribution in [0.1, 0.15) is 81.3 Å². The van der Waals surface area contributed by atoms with Crippen molar-refractivity contribution in [3.05, 3.63) is 192 Å². The topological polar surface area (TPSA) is 4.93 Å². The van der Waals surface area contributed by atoms with Crippen molar-refractivity contribution in [2.24, 2.45) is 7.05 Å². The Kier molecular flexibility index (Phi) is 13.7. The second-order valence-electron chi connectivity index (χ2n) is 14.6. The normalized spacial score (nSPS) is 12.2. The molecule has 284 valence electrons. The maximum Gasteiger partial charge on any atom is 0.0491 e.